The van der Waals surface area contributed by atoms with Crippen molar-refractivity contribution in [2.75, 3.05) is 5.32 Å². The molecule has 164 valence electrons. The number of anilines is 1. The Hall–Kier alpha value is -3.44. The van der Waals surface area contributed by atoms with Gasteiger partial charge >= 0.3 is 0 Å². The van der Waals surface area contributed by atoms with E-state index in [0.717, 1.165) is 5.56 Å². The van der Waals surface area contributed by atoms with Gasteiger partial charge in [-0.25, -0.2) is 5.43 Å². The van der Waals surface area contributed by atoms with Crippen LogP contribution in [0.1, 0.15) is 59.5 Å². The van der Waals surface area contributed by atoms with Crippen LogP contribution in [0.3, 0.4) is 0 Å². The minimum atomic E-state index is -0.339. The van der Waals surface area contributed by atoms with Crippen LogP contribution >= 0.6 is 11.6 Å². The Kier molecular flexibility index (Phi) is 7.11. The molecule has 0 unspecified atom stereocenters. The summed E-state index contributed by atoms with van der Waals surface area (Å²) < 4.78 is 0. The summed E-state index contributed by atoms with van der Waals surface area (Å²) in [5, 5.41) is 7.63. The number of carbonyl (C=O) groups is 2. The number of nitrogens with one attached hydrogen (secondary N) is 2. The van der Waals surface area contributed by atoms with E-state index < -0.39 is 0 Å². The highest BCUT2D eigenvalue weighted by molar-refractivity contribution is 6.30. The van der Waals surface area contributed by atoms with E-state index in [-0.39, 0.29) is 17.2 Å². The quantitative estimate of drug-likeness (QED) is 0.369. The van der Waals surface area contributed by atoms with Crippen LogP contribution in [0.15, 0.2) is 77.9 Å². The predicted octanol–water partition coefficient (Wildman–Crippen LogP) is 6.04. The average molecular weight is 448 g/mol. The Bertz CT molecular complexity index is 1130. The largest absolute Gasteiger partial charge is 0.322 e. The third-order valence-electron chi connectivity index (χ3n) is 5.01. The third-order valence-corrected chi connectivity index (χ3v) is 5.26. The van der Waals surface area contributed by atoms with Crippen LogP contribution in [0.25, 0.3) is 0 Å². The highest BCUT2D eigenvalue weighted by atomic mass is 35.5. The average Bonchev–Trinajstić information content (AvgIpc) is 2.77. The maximum Gasteiger partial charge on any atom is 0.271 e. The van der Waals surface area contributed by atoms with E-state index in [9.17, 15) is 9.59 Å². The summed E-state index contributed by atoms with van der Waals surface area (Å²) >= 11 is 5.89. The van der Waals surface area contributed by atoms with E-state index in [2.05, 4.69) is 36.6 Å². The minimum absolute atomic E-state index is 0.0306. The first-order chi connectivity index (χ1) is 15.1. The van der Waals surface area contributed by atoms with Gasteiger partial charge in [0.25, 0.3) is 11.8 Å². The minimum Gasteiger partial charge on any atom is -0.322 e. The molecule has 3 aromatic carbocycles. The van der Waals surface area contributed by atoms with Gasteiger partial charge in [0.1, 0.15) is 0 Å². The number of benzene rings is 3. The molecule has 32 heavy (non-hydrogen) atoms. The number of nitrogens with zero attached hydrogens (tertiary/aromatic N) is 1. The normalized spacial score (nSPS) is 11.7. The van der Waals surface area contributed by atoms with Crippen LogP contribution in [0.4, 0.5) is 5.69 Å². The van der Waals surface area contributed by atoms with Gasteiger partial charge in [-0.3, -0.25) is 9.59 Å². The summed E-state index contributed by atoms with van der Waals surface area (Å²) in [5.74, 6) is -0.542. The Balaban J connectivity index is 1.60. The van der Waals surface area contributed by atoms with Gasteiger partial charge in [-0.05, 0) is 72.0 Å². The van der Waals surface area contributed by atoms with Gasteiger partial charge in [0.05, 0.1) is 5.71 Å². The van der Waals surface area contributed by atoms with E-state index in [1.165, 1.54) is 5.56 Å². The standard InChI is InChI=1S/C26H26ClN3O2/c1-17(18-7-13-22(27)14-8-18)29-30-25(32)20-9-15-23(16-10-20)28-24(31)19-5-11-21(12-6-19)26(2,3)4/h5-16H,1-4H3,(H,28,31)(H,30,32). The summed E-state index contributed by atoms with van der Waals surface area (Å²) in [7, 11) is 0. The van der Waals surface area contributed by atoms with E-state index in [4.69, 9.17) is 11.6 Å². The van der Waals surface area contributed by atoms with Gasteiger partial charge in [0.15, 0.2) is 0 Å². The molecular weight excluding hydrogens is 422 g/mol. The van der Waals surface area contributed by atoms with E-state index in [1.54, 1.807) is 43.3 Å². The van der Waals surface area contributed by atoms with Crippen molar-refractivity contribution in [3.63, 3.8) is 0 Å². The molecule has 0 aliphatic heterocycles. The van der Waals surface area contributed by atoms with Crippen LogP contribution in [0, 0.1) is 0 Å². The first-order valence-corrected chi connectivity index (χ1v) is 10.6. The Morgan fingerprint density at radius 3 is 1.81 bits per heavy atom. The summed E-state index contributed by atoms with van der Waals surface area (Å²) in [4.78, 5) is 24.9. The number of hydrazone groups is 1. The van der Waals surface area contributed by atoms with E-state index >= 15 is 0 Å². The zero-order chi connectivity index (χ0) is 23.3. The second-order valence-electron chi connectivity index (χ2n) is 8.50. The molecule has 0 saturated carbocycles. The van der Waals surface area contributed by atoms with E-state index in [1.807, 2.05) is 36.4 Å². The van der Waals surface area contributed by atoms with Crippen molar-refractivity contribution in [3.05, 3.63) is 100 Å². The maximum atomic E-state index is 12.5. The van der Waals surface area contributed by atoms with Gasteiger partial charge in [-0.1, -0.05) is 56.6 Å². The molecule has 0 fully saturated rings. The molecule has 2 N–H and O–H groups in total. The van der Waals surface area contributed by atoms with Crippen LogP contribution in [-0.4, -0.2) is 17.5 Å². The molecule has 0 bridgehead atoms. The molecule has 0 saturated heterocycles. The lowest BCUT2D eigenvalue weighted by molar-refractivity contribution is 0.0954. The smallest absolute Gasteiger partial charge is 0.271 e. The van der Waals surface area contributed by atoms with Gasteiger partial charge in [-0.2, -0.15) is 5.10 Å². The topological polar surface area (TPSA) is 70.6 Å². The van der Waals surface area contributed by atoms with Crippen LogP contribution in [0.5, 0.6) is 0 Å². The summed E-state index contributed by atoms with van der Waals surface area (Å²) in [6.07, 6.45) is 0. The molecule has 3 rings (SSSR count). The number of hydrogen-bond acceptors (Lipinski definition) is 3. The second-order valence-corrected chi connectivity index (χ2v) is 8.94. The molecule has 0 spiro atoms. The lowest BCUT2D eigenvalue weighted by Gasteiger charge is -2.19. The summed E-state index contributed by atoms with van der Waals surface area (Å²) in [6.45, 7) is 8.19. The van der Waals surface area contributed by atoms with Crippen molar-refractivity contribution in [1.29, 1.82) is 0 Å². The number of carbonyl (C=O) groups excluding carboxylic acids is 2. The molecular formula is C26H26ClN3O2. The molecule has 3 aromatic rings. The molecule has 0 radical (unpaired) electrons. The fraction of sp³-hybridized carbons (Fsp3) is 0.192. The predicted molar refractivity (Wildman–Crippen MR) is 131 cm³/mol. The van der Waals surface area contributed by atoms with Crippen molar-refractivity contribution in [2.45, 2.75) is 33.1 Å². The molecule has 0 aromatic heterocycles. The van der Waals surface area contributed by atoms with Crippen molar-refractivity contribution >= 4 is 34.8 Å². The maximum absolute atomic E-state index is 12.5. The fourth-order valence-corrected chi connectivity index (χ4v) is 3.11. The van der Waals surface area contributed by atoms with Crippen molar-refractivity contribution in [1.82, 2.24) is 5.43 Å². The number of rotatable bonds is 5. The zero-order valence-electron chi connectivity index (χ0n) is 18.6. The van der Waals surface area contributed by atoms with E-state index in [0.29, 0.717) is 27.5 Å². The van der Waals surface area contributed by atoms with Gasteiger partial charge in [0.2, 0.25) is 0 Å². The lowest BCUT2D eigenvalue weighted by Crippen LogP contribution is -2.19. The Morgan fingerprint density at radius 1 is 0.750 bits per heavy atom. The first-order valence-electron chi connectivity index (χ1n) is 10.3. The number of halogens is 1. The van der Waals surface area contributed by atoms with Crippen molar-refractivity contribution < 1.29 is 9.59 Å². The summed E-state index contributed by atoms with van der Waals surface area (Å²) in [6, 6.07) is 21.4. The fourth-order valence-electron chi connectivity index (χ4n) is 2.98. The highest BCUT2D eigenvalue weighted by Gasteiger charge is 2.14. The van der Waals surface area contributed by atoms with Gasteiger partial charge in [-0.15, -0.1) is 0 Å². The third kappa shape index (κ3) is 6.05. The number of amides is 2. The molecule has 2 amide bonds. The molecule has 0 aliphatic carbocycles. The second kappa shape index (κ2) is 9.79. The van der Waals surface area contributed by atoms with Crippen LogP contribution in [0.2, 0.25) is 5.02 Å². The molecule has 0 aliphatic rings. The number of hydrogen-bond donors (Lipinski definition) is 2. The van der Waals surface area contributed by atoms with Gasteiger partial charge in [0, 0.05) is 21.8 Å². The Labute approximate surface area is 193 Å². The zero-order valence-corrected chi connectivity index (χ0v) is 19.3. The van der Waals surface area contributed by atoms with Gasteiger partial charge < -0.3 is 5.32 Å². The van der Waals surface area contributed by atoms with Crippen molar-refractivity contribution in [3.8, 4) is 0 Å². The monoisotopic (exact) mass is 447 g/mol. The molecule has 6 heteroatoms. The molecule has 0 atom stereocenters. The SMILES string of the molecule is CC(=NNC(=O)c1ccc(NC(=O)c2ccc(C(C)(C)C)cc2)cc1)c1ccc(Cl)cc1. The molecule has 0 heterocycles. The van der Waals surface area contributed by atoms with Crippen LogP contribution in [-0.2, 0) is 5.41 Å². The lowest BCUT2D eigenvalue weighted by atomic mass is 9.87. The Morgan fingerprint density at radius 2 is 1.25 bits per heavy atom. The highest BCUT2D eigenvalue weighted by Crippen LogP contribution is 2.22. The van der Waals surface area contributed by atoms with Crippen molar-refractivity contribution in [2.24, 2.45) is 5.10 Å². The molecule has 5 nitrogen and oxygen atoms in total. The first kappa shape index (κ1) is 23.2. The van der Waals surface area contributed by atoms with Crippen LogP contribution < -0.4 is 10.7 Å². The summed E-state index contributed by atoms with van der Waals surface area (Å²) in [5.41, 5.74) is 6.88.